The molecule has 1 amide bonds. The molecule has 0 aliphatic rings. The third-order valence-corrected chi connectivity index (χ3v) is 6.83. The lowest BCUT2D eigenvalue weighted by Crippen LogP contribution is -2.39. The Bertz CT molecular complexity index is 1440. The lowest BCUT2D eigenvalue weighted by Gasteiger charge is -2.32. The fourth-order valence-corrected chi connectivity index (χ4v) is 4.93. The number of fused-ring (bicyclic) bond motifs is 1. The van der Waals surface area contributed by atoms with Crippen LogP contribution in [0.3, 0.4) is 0 Å². The molecule has 0 N–H and O–H groups in total. The second kappa shape index (κ2) is 11.1. The Morgan fingerprint density at radius 2 is 1.75 bits per heavy atom. The van der Waals surface area contributed by atoms with Crippen molar-refractivity contribution in [1.29, 1.82) is 0 Å². The number of rotatable bonds is 8. The minimum Gasteiger partial charge on any atom is -0.328 e. The van der Waals surface area contributed by atoms with Gasteiger partial charge in [-0.3, -0.25) is 14.2 Å². The number of aromatic nitrogens is 2. The van der Waals surface area contributed by atoms with Crippen LogP contribution in [0.15, 0.2) is 71.5 Å². The van der Waals surface area contributed by atoms with E-state index in [9.17, 15) is 9.59 Å². The topological polar surface area (TPSA) is 55.2 Å². The van der Waals surface area contributed by atoms with Crippen molar-refractivity contribution in [2.24, 2.45) is 0 Å². The Morgan fingerprint density at radius 3 is 2.39 bits per heavy atom. The van der Waals surface area contributed by atoms with Crippen molar-refractivity contribution in [2.45, 2.75) is 53.0 Å². The number of hydrogen-bond donors (Lipinski definition) is 0. The summed E-state index contributed by atoms with van der Waals surface area (Å²) >= 11 is 6.24. The average molecular weight is 502 g/mol. The molecular weight excluding hydrogens is 470 g/mol. The van der Waals surface area contributed by atoms with E-state index in [2.05, 4.69) is 13.8 Å². The Balaban J connectivity index is 1.94. The molecule has 1 heterocycles. The average Bonchev–Trinajstić information content (AvgIpc) is 2.89. The molecule has 0 saturated heterocycles. The molecule has 0 radical (unpaired) electrons. The quantitative estimate of drug-likeness (QED) is 0.263. The number of amides is 1. The van der Waals surface area contributed by atoms with Crippen molar-refractivity contribution in [3.8, 4) is 5.69 Å². The Hall–Kier alpha value is -3.44. The molecule has 6 heteroatoms. The fraction of sp³-hybridized carbons (Fsp3) is 0.300. The van der Waals surface area contributed by atoms with E-state index in [4.69, 9.17) is 16.6 Å². The number of para-hydroxylation sites is 1. The molecule has 0 spiro atoms. The lowest BCUT2D eigenvalue weighted by atomic mass is 10.1. The number of aryl methyl sites for hydroxylation is 2. The van der Waals surface area contributed by atoms with E-state index in [1.165, 1.54) is 5.56 Å². The SMILES string of the molecule is CCCN(C(=O)c1ccc(CC)cc1)C(CC)c1nc2ccccc2c(=O)n1-c1ccc(Cl)cc1C. The first-order chi connectivity index (χ1) is 17.4. The van der Waals surface area contributed by atoms with Crippen molar-refractivity contribution in [1.82, 2.24) is 14.5 Å². The molecule has 0 bridgehead atoms. The molecular formula is C30H32ClN3O2. The van der Waals surface area contributed by atoms with E-state index in [1.807, 2.05) is 73.3 Å². The summed E-state index contributed by atoms with van der Waals surface area (Å²) in [4.78, 5) is 34.5. The molecule has 1 aromatic heterocycles. The molecule has 1 atom stereocenters. The third-order valence-electron chi connectivity index (χ3n) is 6.60. The molecule has 1 unspecified atom stereocenters. The van der Waals surface area contributed by atoms with Gasteiger partial charge in [0.25, 0.3) is 11.5 Å². The smallest absolute Gasteiger partial charge is 0.266 e. The van der Waals surface area contributed by atoms with Crippen molar-refractivity contribution in [2.75, 3.05) is 6.54 Å². The summed E-state index contributed by atoms with van der Waals surface area (Å²) < 4.78 is 1.66. The minimum absolute atomic E-state index is 0.0619. The largest absolute Gasteiger partial charge is 0.328 e. The Labute approximate surface area is 217 Å². The summed E-state index contributed by atoms with van der Waals surface area (Å²) in [7, 11) is 0. The number of halogens is 1. The monoisotopic (exact) mass is 501 g/mol. The van der Waals surface area contributed by atoms with Crippen LogP contribution >= 0.6 is 11.6 Å². The zero-order chi connectivity index (χ0) is 25.8. The number of hydrogen-bond acceptors (Lipinski definition) is 3. The van der Waals surface area contributed by atoms with Gasteiger partial charge in [-0.2, -0.15) is 0 Å². The van der Waals surface area contributed by atoms with Gasteiger partial charge in [0.15, 0.2) is 0 Å². The predicted octanol–water partition coefficient (Wildman–Crippen LogP) is 6.91. The standard InChI is InChI=1S/C30H32ClN3O2/c1-5-18-33(29(35)22-14-12-21(6-2)13-15-22)26(7-3)28-32-25-11-9-8-10-24(25)30(36)34(28)27-17-16-23(31)19-20(27)4/h8-17,19,26H,5-7,18H2,1-4H3. The van der Waals surface area contributed by atoms with Crippen LogP contribution in [0.1, 0.15) is 67.0 Å². The highest BCUT2D eigenvalue weighted by atomic mass is 35.5. The van der Waals surface area contributed by atoms with E-state index < -0.39 is 6.04 Å². The van der Waals surface area contributed by atoms with Gasteiger partial charge in [0.05, 0.1) is 22.6 Å². The first kappa shape index (κ1) is 25.6. The first-order valence-electron chi connectivity index (χ1n) is 12.6. The second-order valence-electron chi connectivity index (χ2n) is 9.03. The van der Waals surface area contributed by atoms with Crippen LogP contribution in [-0.4, -0.2) is 26.9 Å². The maximum Gasteiger partial charge on any atom is 0.266 e. The number of nitrogens with zero attached hydrogens (tertiary/aromatic N) is 3. The number of carbonyl (C=O) groups excluding carboxylic acids is 1. The van der Waals surface area contributed by atoms with Crippen molar-refractivity contribution >= 4 is 28.4 Å². The van der Waals surface area contributed by atoms with E-state index in [0.717, 1.165) is 18.4 Å². The molecule has 0 aliphatic carbocycles. The second-order valence-corrected chi connectivity index (χ2v) is 9.47. The summed E-state index contributed by atoms with van der Waals surface area (Å²) in [6.45, 7) is 8.66. The van der Waals surface area contributed by atoms with E-state index in [1.54, 1.807) is 16.7 Å². The zero-order valence-corrected chi connectivity index (χ0v) is 22.0. The highest BCUT2D eigenvalue weighted by molar-refractivity contribution is 6.30. The molecule has 3 aromatic carbocycles. The van der Waals surface area contributed by atoms with Gasteiger partial charge in [-0.25, -0.2) is 4.98 Å². The molecule has 5 nitrogen and oxygen atoms in total. The van der Waals surface area contributed by atoms with Gasteiger partial charge in [-0.1, -0.05) is 56.6 Å². The highest BCUT2D eigenvalue weighted by Gasteiger charge is 2.29. The molecule has 4 aromatic rings. The number of carbonyl (C=O) groups is 1. The lowest BCUT2D eigenvalue weighted by molar-refractivity contribution is 0.0659. The van der Waals surface area contributed by atoms with Crippen LogP contribution in [0, 0.1) is 6.92 Å². The zero-order valence-electron chi connectivity index (χ0n) is 21.3. The van der Waals surface area contributed by atoms with Gasteiger partial charge in [0, 0.05) is 17.1 Å². The summed E-state index contributed by atoms with van der Waals surface area (Å²) in [6, 6.07) is 20.2. The first-order valence-corrected chi connectivity index (χ1v) is 12.9. The maximum atomic E-state index is 13.9. The molecule has 0 aliphatic heterocycles. The van der Waals surface area contributed by atoms with Gasteiger partial charge >= 0.3 is 0 Å². The van der Waals surface area contributed by atoms with Crippen LogP contribution < -0.4 is 5.56 Å². The van der Waals surface area contributed by atoms with Gasteiger partial charge in [-0.05, 0) is 79.8 Å². The van der Waals surface area contributed by atoms with E-state index in [-0.39, 0.29) is 11.5 Å². The van der Waals surface area contributed by atoms with Crippen LogP contribution in [0.2, 0.25) is 5.02 Å². The van der Waals surface area contributed by atoms with Crippen LogP contribution in [0.25, 0.3) is 16.6 Å². The summed E-state index contributed by atoms with van der Waals surface area (Å²) in [5.74, 6) is 0.492. The van der Waals surface area contributed by atoms with Gasteiger partial charge in [0.1, 0.15) is 5.82 Å². The molecule has 36 heavy (non-hydrogen) atoms. The van der Waals surface area contributed by atoms with Crippen molar-refractivity contribution in [3.05, 3.63) is 105 Å². The molecule has 0 saturated carbocycles. The Kier molecular flexibility index (Phi) is 7.90. The van der Waals surface area contributed by atoms with Crippen LogP contribution in [0.4, 0.5) is 0 Å². The van der Waals surface area contributed by atoms with E-state index in [0.29, 0.717) is 46.0 Å². The normalized spacial score (nSPS) is 12.0. The minimum atomic E-state index is -0.393. The Morgan fingerprint density at radius 1 is 1.03 bits per heavy atom. The molecule has 186 valence electrons. The highest BCUT2D eigenvalue weighted by Crippen LogP contribution is 2.29. The van der Waals surface area contributed by atoms with Gasteiger partial charge < -0.3 is 4.90 Å². The number of benzene rings is 3. The third kappa shape index (κ3) is 4.93. The van der Waals surface area contributed by atoms with Gasteiger partial charge in [-0.15, -0.1) is 0 Å². The van der Waals surface area contributed by atoms with Crippen LogP contribution in [-0.2, 0) is 6.42 Å². The van der Waals surface area contributed by atoms with Crippen molar-refractivity contribution < 1.29 is 4.79 Å². The summed E-state index contributed by atoms with van der Waals surface area (Å²) in [6.07, 6.45) is 2.31. The molecule has 4 rings (SSSR count). The van der Waals surface area contributed by atoms with E-state index >= 15 is 0 Å². The summed E-state index contributed by atoms with van der Waals surface area (Å²) in [5.41, 5.74) is 3.86. The van der Waals surface area contributed by atoms with Crippen LogP contribution in [0.5, 0.6) is 0 Å². The van der Waals surface area contributed by atoms with Gasteiger partial charge in [0.2, 0.25) is 0 Å². The molecule has 0 fully saturated rings. The summed E-state index contributed by atoms with van der Waals surface area (Å²) in [5, 5.41) is 1.14. The maximum absolute atomic E-state index is 13.9. The fourth-order valence-electron chi connectivity index (χ4n) is 4.71. The van der Waals surface area contributed by atoms with Crippen molar-refractivity contribution in [3.63, 3.8) is 0 Å². The predicted molar refractivity (Wildman–Crippen MR) is 147 cm³/mol.